The number of Topliss-reactive ketones (excluding diaryl/α,β-unsaturated/α-hetero) is 2. The van der Waals surface area contributed by atoms with Crippen LogP contribution in [0.3, 0.4) is 0 Å². The van der Waals surface area contributed by atoms with Crippen molar-refractivity contribution in [2.45, 2.75) is 18.6 Å². The summed E-state index contributed by atoms with van der Waals surface area (Å²) < 4.78 is 11.2. The lowest BCUT2D eigenvalue weighted by atomic mass is 9.78. The number of carbonyl (C=O) groups is 5. The average molecular weight is 522 g/mol. The van der Waals surface area contributed by atoms with E-state index in [0.717, 1.165) is 10.5 Å². The van der Waals surface area contributed by atoms with Gasteiger partial charge in [0.1, 0.15) is 0 Å². The van der Waals surface area contributed by atoms with Crippen LogP contribution in [-0.2, 0) is 19.1 Å². The molecule has 3 aromatic rings. The molecule has 3 atom stereocenters. The summed E-state index contributed by atoms with van der Waals surface area (Å²) in [6.07, 6.45) is 2.37. The maximum absolute atomic E-state index is 13.9. The van der Waals surface area contributed by atoms with Crippen LogP contribution in [0.4, 0.5) is 5.69 Å². The molecule has 1 aliphatic carbocycles. The summed E-state index contributed by atoms with van der Waals surface area (Å²) in [5.74, 6) is -5.47. The van der Waals surface area contributed by atoms with E-state index in [4.69, 9.17) is 9.47 Å². The molecule has 2 amide bonds. The number of ether oxygens (including phenoxy) is 2. The van der Waals surface area contributed by atoms with Gasteiger partial charge in [-0.05, 0) is 36.8 Å². The zero-order valence-corrected chi connectivity index (χ0v) is 20.9. The minimum atomic E-state index is -2.13. The molecular weight excluding hydrogens is 498 g/mol. The highest BCUT2D eigenvalue weighted by molar-refractivity contribution is 6.37. The van der Waals surface area contributed by atoms with Gasteiger partial charge in [-0.25, -0.2) is 9.69 Å². The summed E-state index contributed by atoms with van der Waals surface area (Å²) in [6.45, 7) is 1.90. The van der Waals surface area contributed by atoms with Crippen molar-refractivity contribution in [3.8, 4) is 0 Å². The Labute approximate surface area is 223 Å². The fraction of sp³-hybridized carbons (Fsp3) is 0.194. The monoisotopic (exact) mass is 521 g/mol. The molecular formula is C31H23NO7. The number of ketones is 2. The fourth-order valence-corrected chi connectivity index (χ4v) is 5.73. The van der Waals surface area contributed by atoms with E-state index >= 15 is 0 Å². The third-order valence-electron chi connectivity index (χ3n) is 7.47. The number of hydrogen-bond acceptors (Lipinski definition) is 7. The first-order chi connectivity index (χ1) is 18.9. The van der Waals surface area contributed by atoms with Crippen molar-refractivity contribution in [2.75, 3.05) is 11.5 Å². The van der Waals surface area contributed by atoms with E-state index in [1.807, 2.05) is 30.3 Å². The number of fused-ring (bicyclic) bond motifs is 3. The standard InChI is InChI=1S/C31H23NO7/c1-2-38-30(37)19-13-15-20(16-14-19)32-28(35)24-23(17-12-18-8-4-3-5-9-18)39-31(25(24)29(32)36)26(33)21-10-6-7-11-22(21)27(31)34/h3-17,23-25H,2H2,1H3/b17-12+/t23-,24+,25+/m1/s1. The Morgan fingerprint density at radius 3 is 2.10 bits per heavy atom. The average Bonchev–Trinajstić information content (AvgIpc) is 3.52. The number of amides is 2. The van der Waals surface area contributed by atoms with Crippen LogP contribution in [0.25, 0.3) is 6.08 Å². The number of nitrogens with zero attached hydrogens (tertiary/aromatic N) is 1. The van der Waals surface area contributed by atoms with Crippen molar-refractivity contribution in [1.29, 1.82) is 0 Å². The summed E-state index contributed by atoms with van der Waals surface area (Å²) in [7, 11) is 0. The molecule has 0 unspecified atom stereocenters. The van der Waals surface area contributed by atoms with Crippen LogP contribution in [0, 0.1) is 11.8 Å². The predicted molar refractivity (Wildman–Crippen MR) is 140 cm³/mol. The molecule has 2 heterocycles. The Bertz CT molecular complexity index is 1520. The van der Waals surface area contributed by atoms with Gasteiger partial charge in [-0.2, -0.15) is 0 Å². The highest BCUT2D eigenvalue weighted by atomic mass is 16.5. The molecule has 2 fully saturated rings. The third kappa shape index (κ3) is 3.59. The number of rotatable bonds is 5. The normalized spacial score (nSPS) is 23.1. The van der Waals surface area contributed by atoms with E-state index in [1.165, 1.54) is 36.4 Å². The van der Waals surface area contributed by atoms with E-state index < -0.39 is 52.9 Å². The lowest BCUT2D eigenvalue weighted by Crippen LogP contribution is -2.51. The number of hydrogen-bond donors (Lipinski definition) is 0. The zero-order valence-electron chi connectivity index (χ0n) is 20.9. The molecule has 3 aromatic carbocycles. The third-order valence-corrected chi connectivity index (χ3v) is 7.47. The van der Waals surface area contributed by atoms with Crippen LogP contribution < -0.4 is 4.90 Å². The molecule has 0 N–H and O–H groups in total. The summed E-state index contributed by atoms with van der Waals surface area (Å²) in [6, 6.07) is 21.5. The maximum Gasteiger partial charge on any atom is 0.338 e. The lowest BCUT2D eigenvalue weighted by Gasteiger charge is -2.26. The maximum atomic E-state index is 13.9. The van der Waals surface area contributed by atoms with E-state index in [9.17, 15) is 24.0 Å². The molecule has 0 aromatic heterocycles. The highest BCUT2D eigenvalue weighted by Crippen LogP contribution is 2.53. The SMILES string of the molecule is CCOC(=O)c1ccc(N2C(=O)[C@@H]3[C@@H](C2=O)C2(O[C@@H]3/C=C/c3ccccc3)C(=O)c3ccccc3C2=O)cc1. The Morgan fingerprint density at radius 1 is 0.872 bits per heavy atom. The summed E-state index contributed by atoms with van der Waals surface area (Å²) >= 11 is 0. The van der Waals surface area contributed by atoms with Crippen LogP contribution in [0.2, 0.25) is 0 Å². The van der Waals surface area contributed by atoms with E-state index in [1.54, 1.807) is 31.2 Å². The molecule has 2 aliphatic heterocycles. The molecule has 0 radical (unpaired) electrons. The Balaban J connectivity index is 1.42. The van der Waals surface area contributed by atoms with Gasteiger partial charge in [-0.15, -0.1) is 0 Å². The Hall–Kier alpha value is -4.69. The second-order valence-corrected chi connectivity index (χ2v) is 9.57. The Kier molecular flexibility index (Phi) is 5.84. The first-order valence-corrected chi connectivity index (χ1v) is 12.6. The van der Waals surface area contributed by atoms with Crippen LogP contribution >= 0.6 is 0 Å². The van der Waals surface area contributed by atoms with Crippen LogP contribution in [-0.4, -0.2) is 47.7 Å². The highest BCUT2D eigenvalue weighted by Gasteiger charge is 2.74. The first kappa shape index (κ1) is 24.6. The number of esters is 1. The van der Waals surface area contributed by atoms with Crippen molar-refractivity contribution < 1.29 is 33.4 Å². The Morgan fingerprint density at radius 2 is 1.49 bits per heavy atom. The van der Waals surface area contributed by atoms with Crippen LogP contribution in [0.5, 0.6) is 0 Å². The molecule has 0 bridgehead atoms. The van der Waals surface area contributed by atoms with Crippen LogP contribution in [0.1, 0.15) is 43.6 Å². The molecule has 8 heteroatoms. The first-order valence-electron chi connectivity index (χ1n) is 12.6. The smallest absolute Gasteiger partial charge is 0.338 e. The van der Waals surface area contributed by atoms with Gasteiger partial charge in [-0.3, -0.25) is 19.2 Å². The molecule has 8 nitrogen and oxygen atoms in total. The minimum Gasteiger partial charge on any atom is -0.462 e. The van der Waals surface area contributed by atoms with Gasteiger partial charge in [0.25, 0.3) is 0 Å². The zero-order chi connectivity index (χ0) is 27.3. The second kappa shape index (κ2) is 9.25. The molecule has 3 aliphatic rings. The van der Waals surface area contributed by atoms with Crippen LogP contribution in [0.15, 0.2) is 84.9 Å². The molecule has 0 saturated carbocycles. The van der Waals surface area contributed by atoms with Gasteiger partial charge >= 0.3 is 5.97 Å². The van der Waals surface area contributed by atoms with E-state index in [2.05, 4.69) is 0 Å². The molecule has 39 heavy (non-hydrogen) atoms. The van der Waals surface area contributed by atoms with E-state index in [0.29, 0.717) is 0 Å². The molecule has 194 valence electrons. The van der Waals surface area contributed by atoms with E-state index in [-0.39, 0.29) is 29.0 Å². The second-order valence-electron chi connectivity index (χ2n) is 9.57. The quantitative estimate of drug-likeness (QED) is 0.285. The van der Waals surface area contributed by atoms with Gasteiger partial charge in [0.15, 0.2) is 0 Å². The number of anilines is 1. The molecule has 6 rings (SSSR count). The topological polar surface area (TPSA) is 107 Å². The van der Waals surface area contributed by atoms with Crippen molar-refractivity contribution in [2.24, 2.45) is 11.8 Å². The number of benzene rings is 3. The molecule has 2 saturated heterocycles. The minimum absolute atomic E-state index is 0.173. The summed E-state index contributed by atoms with van der Waals surface area (Å²) in [5, 5.41) is 0. The van der Waals surface area contributed by atoms with Crippen molar-refractivity contribution in [1.82, 2.24) is 0 Å². The van der Waals surface area contributed by atoms with Gasteiger partial charge in [-0.1, -0.05) is 66.7 Å². The van der Waals surface area contributed by atoms with Crippen molar-refractivity contribution in [3.63, 3.8) is 0 Å². The van der Waals surface area contributed by atoms with Gasteiger partial charge in [0.05, 0.1) is 35.8 Å². The van der Waals surface area contributed by atoms with Crippen molar-refractivity contribution in [3.05, 3.63) is 107 Å². The number of imide groups is 1. The summed E-state index contributed by atoms with van der Waals surface area (Å²) in [4.78, 5) is 68.4. The van der Waals surface area contributed by atoms with Gasteiger partial charge < -0.3 is 9.47 Å². The van der Waals surface area contributed by atoms with Crippen molar-refractivity contribution >= 4 is 41.1 Å². The van der Waals surface area contributed by atoms with Gasteiger partial charge in [0.2, 0.25) is 29.0 Å². The largest absolute Gasteiger partial charge is 0.462 e. The van der Waals surface area contributed by atoms with Gasteiger partial charge in [0, 0.05) is 11.1 Å². The predicted octanol–water partition coefficient (Wildman–Crippen LogP) is 3.90. The number of carbonyl (C=O) groups excluding carboxylic acids is 5. The fourth-order valence-electron chi connectivity index (χ4n) is 5.73. The molecule has 1 spiro atoms. The summed E-state index contributed by atoms with van der Waals surface area (Å²) in [5.41, 5.74) is -0.470. The lowest BCUT2D eigenvalue weighted by molar-refractivity contribution is -0.126.